The Morgan fingerprint density at radius 2 is 1.64 bits per heavy atom. The van der Waals surface area contributed by atoms with Gasteiger partial charge in [0.15, 0.2) is 0 Å². The Morgan fingerprint density at radius 3 is 2.27 bits per heavy atom. The van der Waals surface area contributed by atoms with Crippen molar-refractivity contribution in [3.8, 4) is 5.69 Å². The minimum absolute atomic E-state index is 0.259. The maximum Gasteiger partial charge on any atom is 0.310 e. The smallest absolute Gasteiger partial charge is 0.259 e. The number of benzene rings is 2. The van der Waals surface area contributed by atoms with Crippen molar-refractivity contribution in [2.24, 2.45) is 4.99 Å². The number of nitrogens with zero attached hydrogens (tertiary/aromatic N) is 3. The van der Waals surface area contributed by atoms with Gasteiger partial charge in [-0.1, -0.05) is 36.4 Å². The number of carbonyl (C=O) groups excluding carboxylic acids is 1. The number of amides is 1. The second-order valence-corrected chi connectivity index (χ2v) is 5.48. The third-order valence-electron chi connectivity index (χ3n) is 2.89. The first-order chi connectivity index (χ1) is 10.8. The van der Waals surface area contributed by atoms with Crippen LogP contribution < -0.4 is 5.36 Å². The molecule has 0 saturated heterocycles. The third kappa shape index (κ3) is 3.71. The zero-order valence-corrected chi connectivity index (χ0v) is 12.5. The normalized spacial score (nSPS) is 11.4. The monoisotopic (exact) mass is 307 g/mol. The van der Waals surface area contributed by atoms with Gasteiger partial charge in [0.1, 0.15) is 0 Å². The van der Waals surface area contributed by atoms with Gasteiger partial charge in [-0.25, -0.2) is 9.67 Å². The van der Waals surface area contributed by atoms with Crippen LogP contribution in [0.2, 0.25) is 0 Å². The molecule has 0 spiro atoms. The van der Waals surface area contributed by atoms with Crippen LogP contribution in [0.5, 0.6) is 0 Å². The summed E-state index contributed by atoms with van der Waals surface area (Å²) in [6, 6.07) is 21.0. The van der Waals surface area contributed by atoms with Gasteiger partial charge in [-0.3, -0.25) is 4.79 Å². The fraction of sp³-hybridized carbons (Fsp3) is 0. The number of carbonyl (C=O) groups is 1. The molecular weight excluding hydrogens is 294 g/mol. The molecule has 108 valence electrons. The average molecular weight is 307 g/mol. The van der Waals surface area contributed by atoms with Gasteiger partial charge in [-0.2, -0.15) is 5.10 Å². The quantitative estimate of drug-likeness (QED) is 0.678. The van der Waals surface area contributed by atoms with E-state index < -0.39 is 0 Å². The fourth-order valence-corrected chi connectivity index (χ4v) is 2.51. The van der Waals surface area contributed by atoms with E-state index in [1.54, 1.807) is 23.1 Å². The van der Waals surface area contributed by atoms with Gasteiger partial charge in [0.2, 0.25) is 0 Å². The molecule has 0 atom stereocenters. The van der Waals surface area contributed by atoms with Gasteiger partial charge in [0.05, 0.1) is 17.2 Å². The topological polar surface area (TPSA) is 47.2 Å². The number of rotatable bonds is 2. The molecule has 0 aliphatic carbocycles. The lowest BCUT2D eigenvalue weighted by atomic mass is 10.3. The molecule has 1 heterocycles. The van der Waals surface area contributed by atoms with E-state index in [1.165, 1.54) is 0 Å². The Morgan fingerprint density at radius 1 is 0.955 bits per heavy atom. The first kappa shape index (κ1) is 14.3. The number of thioether (sulfide) groups is 1. The van der Waals surface area contributed by atoms with Crippen molar-refractivity contribution in [1.29, 1.82) is 0 Å². The number of hydrogen-bond donors (Lipinski definition) is 0. The van der Waals surface area contributed by atoms with Crippen molar-refractivity contribution in [3.63, 3.8) is 0 Å². The fourth-order valence-electron chi connectivity index (χ4n) is 1.87. The van der Waals surface area contributed by atoms with E-state index in [-0.39, 0.29) is 5.24 Å². The molecule has 0 radical (unpaired) electrons. The van der Waals surface area contributed by atoms with Crippen molar-refractivity contribution < 1.29 is 4.79 Å². The van der Waals surface area contributed by atoms with E-state index in [0.717, 1.165) is 22.3 Å². The molecule has 1 aromatic heterocycles. The Kier molecular flexibility index (Phi) is 4.46. The van der Waals surface area contributed by atoms with E-state index in [9.17, 15) is 4.79 Å². The summed E-state index contributed by atoms with van der Waals surface area (Å²) in [5, 5.41) is 4.55. The zero-order chi connectivity index (χ0) is 15.2. The molecular formula is C17H13N3OS. The Balaban J connectivity index is 1.76. The standard InChI is InChI=1S/C17H13N3OS/c21-17(22-16-9-5-2-6-10-16)19-14-11-12-20(18-13-14)15-7-3-1-4-8-15/h1-13H. The van der Waals surface area contributed by atoms with Gasteiger partial charge in [-0.05, 0) is 42.1 Å². The summed E-state index contributed by atoms with van der Waals surface area (Å²) >= 11 is 1.10. The minimum Gasteiger partial charge on any atom is -0.259 e. The molecule has 0 aliphatic rings. The molecule has 0 aliphatic heterocycles. The predicted molar refractivity (Wildman–Crippen MR) is 86.8 cm³/mol. The average Bonchev–Trinajstić information content (AvgIpc) is 2.57. The highest BCUT2D eigenvalue weighted by Gasteiger charge is 2.01. The van der Waals surface area contributed by atoms with Crippen LogP contribution in [0.25, 0.3) is 5.69 Å². The van der Waals surface area contributed by atoms with E-state index >= 15 is 0 Å². The van der Waals surface area contributed by atoms with Crippen LogP contribution in [0, 0.1) is 0 Å². The van der Waals surface area contributed by atoms with Gasteiger partial charge in [-0.15, -0.1) is 0 Å². The predicted octanol–water partition coefficient (Wildman–Crippen LogP) is 3.69. The Hall–Kier alpha value is -2.66. The van der Waals surface area contributed by atoms with Crippen molar-refractivity contribution >= 4 is 17.0 Å². The summed E-state index contributed by atoms with van der Waals surface area (Å²) in [6.07, 6.45) is 3.37. The molecule has 0 fully saturated rings. The number of para-hydroxylation sites is 1. The molecule has 3 aromatic rings. The molecule has 0 saturated carbocycles. The molecule has 0 bridgehead atoms. The van der Waals surface area contributed by atoms with Gasteiger partial charge in [0.25, 0.3) is 0 Å². The van der Waals surface area contributed by atoms with Crippen molar-refractivity contribution in [3.05, 3.63) is 84.5 Å². The lowest BCUT2D eigenvalue weighted by Crippen LogP contribution is -2.09. The van der Waals surface area contributed by atoms with Crippen LogP contribution >= 0.6 is 11.8 Å². The molecule has 22 heavy (non-hydrogen) atoms. The molecule has 1 amide bonds. The third-order valence-corrected chi connectivity index (χ3v) is 3.66. The maximum absolute atomic E-state index is 11.9. The van der Waals surface area contributed by atoms with Crippen LogP contribution in [0.15, 0.2) is 89.0 Å². The van der Waals surface area contributed by atoms with Crippen LogP contribution in [-0.2, 0) is 0 Å². The minimum atomic E-state index is -0.259. The second kappa shape index (κ2) is 6.87. The van der Waals surface area contributed by atoms with Crippen LogP contribution in [0.3, 0.4) is 0 Å². The number of aromatic nitrogens is 2. The van der Waals surface area contributed by atoms with E-state index in [2.05, 4.69) is 10.1 Å². The first-order valence-corrected chi connectivity index (χ1v) is 7.55. The van der Waals surface area contributed by atoms with E-state index in [4.69, 9.17) is 0 Å². The van der Waals surface area contributed by atoms with Gasteiger partial charge < -0.3 is 0 Å². The second-order valence-electron chi connectivity index (χ2n) is 4.46. The maximum atomic E-state index is 11.9. The van der Waals surface area contributed by atoms with E-state index in [1.807, 2.05) is 60.7 Å². The Labute approximate surface area is 132 Å². The summed E-state index contributed by atoms with van der Waals surface area (Å²) in [5.41, 5.74) is 0.957. The summed E-state index contributed by atoms with van der Waals surface area (Å²) in [5.74, 6) is 0. The zero-order valence-electron chi connectivity index (χ0n) is 11.7. The molecule has 3 rings (SSSR count). The van der Waals surface area contributed by atoms with Crippen molar-refractivity contribution in [2.45, 2.75) is 4.90 Å². The number of hydrogen-bond acceptors (Lipinski definition) is 3. The lowest BCUT2D eigenvalue weighted by Gasteiger charge is -2.03. The summed E-state index contributed by atoms with van der Waals surface area (Å²) < 4.78 is 1.73. The first-order valence-electron chi connectivity index (χ1n) is 6.73. The highest BCUT2D eigenvalue weighted by Crippen LogP contribution is 2.18. The van der Waals surface area contributed by atoms with Crippen molar-refractivity contribution in [1.82, 2.24) is 9.78 Å². The highest BCUT2D eigenvalue weighted by atomic mass is 32.2. The van der Waals surface area contributed by atoms with Gasteiger partial charge in [0, 0.05) is 11.1 Å². The Bertz CT molecular complexity index is 809. The highest BCUT2D eigenvalue weighted by molar-refractivity contribution is 8.13. The largest absolute Gasteiger partial charge is 0.310 e. The molecule has 2 aromatic carbocycles. The molecule has 0 N–H and O–H groups in total. The molecule has 0 unspecified atom stereocenters. The van der Waals surface area contributed by atoms with Crippen LogP contribution in [0.1, 0.15) is 0 Å². The SMILES string of the molecule is O=C(N=c1ccn(-c2ccccc2)nc1)Sc1ccccc1. The van der Waals surface area contributed by atoms with Crippen LogP contribution in [0.4, 0.5) is 4.79 Å². The summed E-state index contributed by atoms with van der Waals surface area (Å²) in [6.45, 7) is 0. The molecule has 5 heteroatoms. The summed E-state index contributed by atoms with van der Waals surface area (Å²) in [7, 11) is 0. The van der Waals surface area contributed by atoms with Crippen LogP contribution in [-0.4, -0.2) is 15.0 Å². The lowest BCUT2D eigenvalue weighted by molar-refractivity contribution is 0.267. The van der Waals surface area contributed by atoms with E-state index in [0.29, 0.717) is 5.36 Å². The van der Waals surface area contributed by atoms with Crippen molar-refractivity contribution in [2.75, 3.05) is 0 Å². The van der Waals surface area contributed by atoms with Gasteiger partial charge >= 0.3 is 5.24 Å². The summed E-state index contributed by atoms with van der Waals surface area (Å²) in [4.78, 5) is 16.8. The molecule has 4 nitrogen and oxygen atoms in total.